The van der Waals surface area contributed by atoms with Crippen molar-refractivity contribution in [2.45, 2.75) is 23.0 Å². The van der Waals surface area contributed by atoms with Crippen molar-refractivity contribution in [1.29, 1.82) is 0 Å². The molecule has 0 aliphatic rings. The van der Waals surface area contributed by atoms with Crippen molar-refractivity contribution in [1.82, 2.24) is 20.3 Å². The van der Waals surface area contributed by atoms with E-state index in [0.29, 0.717) is 6.04 Å². The molecule has 3 aromatic rings. The smallest absolute Gasteiger partial charge is 0.117 e. The molecular formula is C16H16N4S. The van der Waals surface area contributed by atoms with Gasteiger partial charge in [0.25, 0.3) is 0 Å². The Balaban J connectivity index is 1.88. The Morgan fingerprint density at radius 2 is 1.90 bits per heavy atom. The third kappa shape index (κ3) is 3.04. The summed E-state index contributed by atoms with van der Waals surface area (Å²) in [5.74, 6) is 0. The average molecular weight is 296 g/mol. The lowest BCUT2D eigenvalue weighted by Gasteiger charge is -2.10. The maximum absolute atomic E-state index is 4.51. The van der Waals surface area contributed by atoms with Gasteiger partial charge < -0.3 is 5.32 Å². The van der Waals surface area contributed by atoms with Crippen LogP contribution in [-0.2, 0) is 0 Å². The van der Waals surface area contributed by atoms with Crippen LogP contribution in [0, 0.1) is 0 Å². The Kier molecular flexibility index (Phi) is 4.13. The molecular weight excluding hydrogens is 280 g/mol. The minimum atomic E-state index is 0.302. The first-order valence-corrected chi connectivity index (χ1v) is 7.60. The fourth-order valence-corrected chi connectivity index (χ4v) is 2.86. The van der Waals surface area contributed by atoms with Gasteiger partial charge >= 0.3 is 0 Å². The molecule has 0 fully saturated rings. The molecule has 0 aliphatic carbocycles. The first-order chi connectivity index (χ1) is 10.3. The minimum absolute atomic E-state index is 0.302. The van der Waals surface area contributed by atoms with Crippen LogP contribution in [-0.4, -0.2) is 22.0 Å². The van der Waals surface area contributed by atoms with Crippen molar-refractivity contribution in [3.63, 3.8) is 0 Å². The number of rotatable bonds is 4. The summed E-state index contributed by atoms with van der Waals surface area (Å²) in [5.41, 5.74) is 2.13. The lowest BCUT2D eigenvalue weighted by atomic mass is 10.1. The normalized spacial score (nSPS) is 12.5. The van der Waals surface area contributed by atoms with E-state index in [1.54, 1.807) is 18.1 Å². The molecule has 1 atom stereocenters. The third-order valence-electron chi connectivity index (χ3n) is 3.40. The summed E-state index contributed by atoms with van der Waals surface area (Å²) in [7, 11) is 1.94. The van der Waals surface area contributed by atoms with E-state index in [2.05, 4.69) is 33.3 Å². The molecule has 1 unspecified atom stereocenters. The molecule has 0 aliphatic heterocycles. The zero-order chi connectivity index (χ0) is 14.7. The van der Waals surface area contributed by atoms with Gasteiger partial charge in [-0.05, 0) is 43.4 Å². The lowest BCUT2D eigenvalue weighted by Crippen LogP contribution is -2.12. The number of pyridine rings is 1. The molecule has 3 rings (SSSR count). The van der Waals surface area contributed by atoms with Gasteiger partial charge in [0.2, 0.25) is 0 Å². The molecule has 21 heavy (non-hydrogen) atoms. The van der Waals surface area contributed by atoms with Crippen LogP contribution in [0.5, 0.6) is 0 Å². The number of hydrogen-bond donors (Lipinski definition) is 1. The molecule has 1 aromatic carbocycles. The van der Waals surface area contributed by atoms with Crippen molar-refractivity contribution in [2.75, 3.05) is 7.05 Å². The molecule has 0 spiro atoms. The highest BCUT2D eigenvalue weighted by Crippen LogP contribution is 2.29. The van der Waals surface area contributed by atoms with Gasteiger partial charge in [0, 0.05) is 17.6 Å². The number of hydrogen-bond acceptors (Lipinski definition) is 5. The van der Waals surface area contributed by atoms with Gasteiger partial charge in [0.05, 0.1) is 5.52 Å². The highest BCUT2D eigenvalue weighted by Gasteiger charge is 2.07. The summed E-state index contributed by atoms with van der Waals surface area (Å²) in [4.78, 5) is 13.2. The monoisotopic (exact) mass is 296 g/mol. The topological polar surface area (TPSA) is 50.7 Å². The Hall–Kier alpha value is -1.98. The zero-order valence-electron chi connectivity index (χ0n) is 11.9. The van der Waals surface area contributed by atoms with Gasteiger partial charge in [-0.2, -0.15) is 0 Å². The summed E-state index contributed by atoms with van der Waals surface area (Å²) in [6.07, 6.45) is 3.51. The molecule has 1 N–H and O–H groups in total. The van der Waals surface area contributed by atoms with Crippen LogP contribution in [0.3, 0.4) is 0 Å². The molecule has 2 aromatic heterocycles. The average Bonchev–Trinajstić information content (AvgIpc) is 2.55. The lowest BCUT2D eigenvalue weighted by molar-refractivity contribution is 0.648. The van der Waals surface area contributed by atoms with E-state index in [0.717, 1.165) is 21.0 Å². The van der Waals surface area contributed by atoms with Gasteiger partial charge in [-0.1, -0.05) is 24.3 Å². The number of nitrogens with zero attached hydrogens (tertiary/aromatic N) is 3. The van der Waals surface area contributed by atoms with Crippen LogP contribution in [0.1, 0.15) is 18.5 Å². The minimum Gasteiger partial charge on any atom is -0.313 e. The summed E-state index contributed by atoms with van der Waals surface area (Å²) in [6, 6.07) is 12.4. The van der Waals surface area contributed by atoms with Crippen LogP contribution in [0.4, 0.5) is 0 Å². The predicted molar refractivity (Wildman–Crippen MR) is 85.4 cm³/mol. The summed E-state index contributed by atoms with van der Waals surface area (Å²) < 4.78 is 0. The molecule has 0 radical (unpaired) electrons. The summed E-state index contributed by atoms with van der Waals surface area (Å²) in [5, 5.41) is 6.13. The van der Waals surface area contributed by atoms with Crippen LogP contribution in [0.15, 0.2) is 59.0 Å². The van der Waals surface area contributed by atoms with E-state index in [-0.39, 0.29) is 0 Å². The van der Waals surface area contributed by atoms with E-state index in [9.17, 15) is 0 Å². The highest BCUT2D eigenvalue weighted by molar-refractivity contribution is 7.99. The van der Waals surface area contributed by atoms with E-state index >= 15 is 0 Å². The van der Waals surface area contributed by atoms with Gasteiger partial charge in [0.1, 0.15) is 16.4 Å². The molecule has 2 heterocycles. The first-order valence-electron chi connectivity index (χ1n) is 6.79. The van der Waals surface area contributed by atoms with Crippen molar-refractivity contribution in [3.05, 3.63) is 54.5 Å². The quantitative estimate of drug-likeness (QED) is 0.747. The van der Waals surface area contributed by atoms with Crippen LogP contribution >= 0.6 is 11.8 Å². The van der Waals surface area contributed by atoms with Gasteiger partial charge in [-0.15, -0.1) is 0 Å². The Bertz CT molecular complexity index is 737. The molecule has 106 valence electrons. The number of fused-ring (bicyclic) bond motifs is 1. The number of nitrogens with one attached hydrogen (secondary N) is 1. The highest BCUT2D eigenvalue weighted by atomic mass is 32.2. The van der Waals surface area contributed by atoms with E-state index < -0.39 is 0 Å². The second-order valence-electron chi connectivity index (χ2n) is 4.74. The standard InChI is InChI=1S/C16H16N4S/c1-11(17-2)12-7-8-15(18-9-12)21-16-13-5-3-4-6-14(13)19-10-20-16/h3-11,17H,1-2H3. The van der Waals surface area contributed by atoms with Gasteiger partial charge in [-0.3, -0.25) is 0 Å². The molecule has 0 amide bonds. The maximum Gasteiger partial charge on any atom is 0.117 e. The van der Waals surface area contributed by atoms with Gasteiger partial charge in [-0.25, -0.2) is 15.0 Å². The van der Waals surface area contributed by atoms with Crippen molar-refractivity contribution in [3.8, 4) is 0 Å². The second kappa shape index (κ2) is 6.20. The maximum atomic E-state index is 4.51. The van der Waals surface area contributed by atoms with Crippen molar-refractivity contribution in [2.24, 2.45) is 0 Å². The fraction of sp³-hybridized carbons (Fsp3) is 0.188. The van der Waals surface area contributed by atoms with Gasteiger partial charge in [0.15, 0.2) is 0 Å². The fourth-order valence-electron chi connectivity index (χ4n) is 2.04. The number of aromatic nitrogens is 3. The predicted octanol–water partition coefficient (Wildman–Crippen LogP) is 3.46. The summed E-state index contributed by atoms with van der Waals surface area (Å²) >= 11 is 1.56. The van der Waals surface area contributed by atoms with E-state index in [4.69, 9.17) is 0 Å². The first kappa shape index (κ1) is 14.0. The Morgan fingerprint density at radius 3 is 2.67 bits per heavy atom. The van der Waals surface area contributed by atoms with Crippen LogP contribution in [0.2, 0.25) is 0 Å². The zero-order valence-corrected chi connectivity index (χ0v) is 12.8. The van der Waals surface area contributed by atoms with E-state index in [1.807, 2.05) is 43.6 Å². The van der Waals surface area contributed by atoms with Crippen LogP contribution in [0.25, 0.3) is 10.9 Å². The molecule has 0 saturated heterocycles. The second-order valence-corrected chi connectivity index (χ2v) is 5.75. The molecule has 0 bridgehead atoms. The molecule has 4 nitrogen and oxygen atoms in total. The Labute approximate surface area is 128 Å². The molecule has 0 saturated carbocycles. The third-order valence-corrected chi connectivity index (χ3v) is 4.37. The number of benzene rings is 1. The number of para-hydroxylation sites is 1. The largest absolute Gasteiger partial charge is 0.313 e. The van der Waals surface area contributed by atoms with Crippen LogP contribution < -0.4 is 5.32 Å². The SMILES string of the molecule is CNC(C)c1ccc(Sc2ncnc3ccccc23)nc1. The van der Waals surface area contributed by atoms with Crippen molar-refractivity contribution >= 4 is 22.7 Å². The Morgan fingerprint density at radius 1 is 1.05 bits per heavy atom. The molecule has 5 heteroatoms. The summed E-state index contributed by atoms with van der Waals surface area (Å²) in [6.45, 7) is 2.11. The van der Waals surface area contributed by atoms with E-state index in [1.165, 1.54) is 5.56 Å². The van der Waals surface area contributed by atoms with Crippen molar-refractivity contribution < 1.29 is 0 Å².